The summed E-state index contributed by atoms with van der Waals surface area (Å²) < 4.78 is 1.67. The Bertz CT molecular complexity index is 611. The van der Waals surface area contributed by atoms with Crippen molar-refractivity contribution in [1.82, 2.24) is 9.78 Å². The molecule has 0 atom stereocenters. The van der Waals surface area contributed by atoms with E-state index in [1.54, 1.807) is 17.1 Å². The van der Waals surface area contributed by atoms with Crippen molar-refractivity contribution in [3.8, 4) is 0 Å². The standard InChI is InChI=1S/C14H16N4O/c1-18-9-12(8-16-18)17-13(19)14(6-7-14)10-2-4-11(15)5-3-10/h2-5,8-9H,6-7,15H2,1H3,(H,17,19). The lowest BCUT2D eigenvalue weighted by atomic mass is 9.94. The zero-order valence-corrected chi connectivity index (χ0v) is 10.8. The van der Waals surface area contributed by atoms with Crippen LogP contribution in [0.1, 0.15) is 18.4 Å². The Morgan fingerprint density at radius 2 is 2.05 bits per heavy atom. The Kier molecular flexibility index (Phi) is 2.55. The summed E-state index contributed by atoms with van der Waals surface area (Å²) in [5.41, 5.74) is 7.77. The van der Waals surface area contributed by atoms with Crippen LogP contribution in [0.25, 0.3) is 0 Å². The second kappa shape index (κ2) is 4.12. The number of benzene rings is 1. The molecule has 0 aliphatic heterocycles. The molecular formula is C14H16N4O. The Balaban J connectivity index is 1.81. The average molecular weight is 256 g/mol. The molecule has 1 aliphatic rings. The zero-order valence-electron chi connectivity index (χ0n) is 10.8. The van der Waals surface area contributed by atoms with Gasteiger partial charge in [0.15, 0.2) is 0 Å². The number of anilines is 2. The van der Waals surface area contributed by atoms with E-state index in [1.165, 1.54) is 0 Å². The smallest absolute Gasteiger partial charge is 0.235 e. The number of carbonyl (C=O) groups is 1. The molecule has 1 aliphatic carbocycles. The SMILES string of the molecule is Cn1cc(NC(=O)C2(c3ccc(N)cc3)CC2)cn1. The van der Waals surface area contributed by atoms with Gasteiger partial charge in [-0.25, -0.2) is 0 Å². The minimum Gasteiger partial charge on any atom is -0.399 e. The molecular weight excluding hydrogens is 240 g/mol. The summed E-state index contributed by atoms with van der Waals surface area (Å²) in [4.78, 5) is 12.4. The Labute approximate surface area is 111 Å². The van der Waals surface area contributed by atoms with Crippen LogP contribution in [-0.4, -0.2) is 15.7 Å². The number of carbonyl (C=O) groups excluding carboxylic acids is 1. The fourth-order valence-corrected chi connectivity index (χ4v) is 2.31. The third-order valence-corrected chi connectivity index (χ3v) is 3.61. The van der Waals surface area contributed by atoms with E-state index in [4.69, 9.17) is 5.73 Å². The maximum Gasteiger partial charge on any atom is 0.235 e. The molecule has 0 spiro atoms. The van der Waals surface area contributed by atoms with Crippen molar-refractivity contribution in [3.63, 3.8) is 0 Å². The summed E-state index contributed by atoms with van der Waals surface area (Å²) in [5, 5.41) is 6.97. The molecule has 1 heterocycles. The summed E-state index contributed by atoms with van der Waals surface area (Å²) >= 11 is 0. The maximum absolute atomic E-state index is 12.4. The molecule has 19 heavy (non-hydrogen) atoms. The van der Waals surface area contributed by atoms with Crippen molar-refractivity contribution in [2.75, 3.05) is 11.1 Å². The predicted octanol–water partition coefficient (Wildman–Crippen LogP) is 1.67. The number of nitrogens with two attached hydrogens (primary N) is 1. The fourth-order valence-electron chi connectivity index (χ4n) is 2.31. The topological polar surface area (TPSA) is 72.9 Å². The minimum atomic E-state index is -0.385. The molecule has 1 aromatic heterocycles. The van der Waals surface area contributed by atoms with E-state index in [-0.39, 0.29) is 11.3 Å². The number of hydrogen-bond donors (Lipinski definition) is 2. The van der Waals surface area contributed by atoms with E-state index >= 15 is 0 Å². The first kappa shape index (κ1) is 11.8. The molecule has 1 amide bonds. The van der Waals surface area contributed by atoms with Gasteiger partial charge in [0.05, 0.1) is 17.3 Å². The van der Waals surface area contributed by atoms with E-state index in [1.807, 2.05) is 31.3 Å². The number of nitrogens with zero attached hydrogens (tertiary/aromatic N) is 2. The quantitative estimate of drug-likeness (QED) is 0.820. The van der Waals surface area contributed by atoms with Crippen molar-refractivity contribution in [2.24, 2.45) is 7.05 Å². The number of nitrogens with one attached hydrogen (secondary N) is 1. The van der Waals surface area contributed by atoms with Crippen LogP contribution in [0.15, 0.2) is 36.7 Å². The van der Waals surface area contributed by atoms with Gasteiger partial charge in [0.25, 0.3) is 0 Å². The molecule has 5 nitrogen and oxygen atoms in total. The highest BCUT2D eigenvalue weighted by molar-refractivity contribution is 6.01. The summed E-state index contributed by atoms with van der Waals surface area (Å²) in [5.74, 6) is 0.0327. The van der Waals surface area contributed by atoms with Gasteiger partial charge >= 0.3 is 0 Å². The van der Waals surface area contributed by atoms with Crippen LogP contribution in [0.5, 0.6) is 0 Å². The molecule has 3 rings (SSSR count). The lowest BCUT2D eigenvalue weighted by molar-refractivity contribution is -0.118. The first-order valence-electron chi connectivity index (χ1n) is 6.26. The number of aromatic nitrogens is 2. The molecule has 0 radical (unpaired) electrons. The number of amides is 1. The first-order valence-corrected chi connectivity index (χ1v) is 6.26. The van der Waals surface area contributed by atoms with Crippen molar-refractivity contribution >= 4 is 17.3 Å². The van der Waals surface area contributed by atoms with Crippen LogP contribution in [-0.2, 0) is 17.3 Å². The second-order valence-electron chi connectivity index (χ2n) is 5.06. The van der Waals surface area contributed by atoms with Crippen LogP contribution >= 0.6 is 0 Å². The monoisotopic (exact) mass is 256 g/mol. The predicted molar refractivity (Wildman–Crippen MR) is 73.6 cm³/mol. The largest absolute Gasteiger partial charge is 0.399 e. The molecule has 1 saturated carbocycles. The Hall–Kier alpha value is -2.30. The van der Waals surface area contributed by atoms with Gasteiger partial charge in [0.1, 0.15) is 0 Å². The summed E-state index contributed by atoms with van der Waals surface area (Å²) in [6.45, 7) is 0. The van der Waals surface area contributed by atoms with Gasteiger partial charge in [-0.2, -0.15) is 5.10 Å². The molecule has 0 bridgehead atoms. The number of rotatable bonds is 3. The second-order valence-corrected chi connectivity index (χ2v) is 5.06. The zero-order chi connectivity index (χ0) is 13.5. The van der Waals surface area contributed by atoms with Gasteiger partial charge in [0.2, 0.25) is 5.91 Å². The normalized spacial score (nSPS) is 16.1. The van der Waals surface area contributed by atoms with E-state index in [9.17, 15) is 4.79 Å². The van der Waals surface area contributed by atoms with E-state index in [0.29, 0.717) is 5.69 Å². The molecule has 2 aromatic rings. The van der Waals surface area contributed by atoms with Crippen LogP contribution in [0.3, 0.4) is 0 Å². The van der Waals surface area contributed by atoms with E-state index in [2.05, 4.69) is 10.4 Å². The van der Waals surface area contributed by atoms with Crippen LogP contribution in [0, 0.1) is 0 Å². The molecule has 0 unspecified atom stereocenters. The third-order valence-electron chi connectivity index (χ3n) is 3.61. The van der Waals surface area contributed by atoms with Crippen molar-refractivity contribution in [2.45, 2.75) is 18.3 Å². The van der Waals surface area contributed by atoms with Gasteiger partial charge in [-0.15, -0.1) is 0 Å². The van der Waals surface area contributed by atoms with Crippen molar-refractivity contribution in [3.05, 3.63) is 42.2 Å². The first-order chi connectivity index (χ1) is 9.10. The van der Waals surface area contributed by atoms with Crippen LogP contribution in [0.2, 0.25) is 0 Å². The van der Waals surface area contributed by atoms with Gasteiger partial charge < -0.3 is 11.1 Å². The van der Waals surface area contributed by atoms with E-state index in [0.717, 1.165) is 24.1 Å². The van der Waals surface area contributed by atoms with Crippen molar-refractivity contribution < 1.29 is 4.79 Å². The highest BCUT2D eigenvalue weighted by Gasteiger charge is 2.51. The lowest BCUT2D eigenvalue weighted by Crippen LogP contribution is -2.27. The Morgan fingerprint density at radius 3 is 2.58 bits per heavy atom. The number of aryl methyl sites for hydroxylation is 1. The maximum atomic E-state index is 12.4. The highest BCUT2D eigenvalue weighted by Crippen LogP contribution is 2.49. The van der Waals surface area contributed by atoms with Gasteiger partial charge in [-0.1, -0.05) is 12.1 Å². The van der Waals surface area contributed by atoms with Gasteiger partial charge in [-0.3, -0.25) is 9.48 Å². The summed E-state index contributed by atoms with van der Waals surface area (Å²) in [6.07, 6.45) is 5.19. The number of hydrogen-bond acceptors (Lipinski definition) is 3. The third kappa shape index (κ3) is 2.07. The average Bonchev–Trinajstić information content (AvgIpc) is 3.10. The molecule has 0 saturated heterocycles. The molecule has 1 fully saturated rings. The van der Waals surface area contributed by atoms with Crippen molar-refractivity contribution in [1.29, 1.82) is 0 Å². The summed E-state index contributed by atoms with van der Waals surface area (Å²) in [6, 6.07) is 7.55. The highest BCUT2D eigenvalue weighted by atomic mass is 16.2. The van der Waals surface area contributed by atoms with E-state index < -0.39 is 0 Å². The molecule has 5 heteroatoms. The molecule has 98 valence electrons. The van der Waals surface area contributed by atoms with Gasteiger partial charge in [0, 0.05) is 18.9 Å². The number of nitrogen functional groups attached to an aromatic ring is 1. The fraction of sp³-hybridized carbons (Fsp3) is 0.286. The molecule has 1 aromatic carbocycles. The summed E-state index contributed by atoms with van der Waals surface area (Å²) in [7, 11) is 1.82. The minimum absolute atomic E-state index is 0.0327. The van der Waals surface area contributed by atoms with Crippen LogP contribution < -0.4 is 11.1 Å². The van der Waals surface area contributed by atoms with Crippen LogP contribution in [0.4, 0.5) is 11.4 Å². The Morgan fingerprint density at radius 1 is 1.37 bits per heavy atom. The lowest BCUT2D eigenvalue weighted by Gasteiger charge is -2.15. The molecule has 3 N–H and O–H groups in total. The van der Waals surface area contributed by atoms with Gasteiger partial charge in [-0.05, 0) is 30.5 Å².